The largest absolute Gasteiger partial charge is 0.389 e. The maximum atomic E-state index is 10.3. The topological polar surface area (TPSA) is 60.2 Å². The van der Waals surface area contributed by atoms with Gasteiger partial charge in [-0.2, -0.15) is 5.10 Å². The molecule has 0 bridgehead atoms. The fraction of sp³-hybridized carbons (Fsp3) is 0.333. The van der Waals surface area contributed by atoms with E-state index in [1.165, 1.54) is 5.56 Å². The second-order valence-electron chi connectivity index (χ2n) is 5.78. The molecule has 0 fully saturated rings. The van der Waals surface area contributed by atoms with Crippen molar-refractivity contribution in [3.05, 3.63) is 58.0 Å². The van der Waals surface area contributed by atoms with E-state index in [-0.39, 0.29) is 6.61 Å². The zero-order chi connectivity index (χ0) is 16.9. The molecule has 0 saturated carbocycles. The van der Waals surface area contributed by atoms with Crippen LogP contribution in [-0.2, 0) is 17.9 Å². The van der Waals surface area contributed by atoms with E-state index in [4.69, 9.17) is 4.74 Å². The molecule has 3 aromatic rings. The number of hydrogen-bond acceptors (Lipinski definition) is 5. The van der Waals surface area contributed by atoms with Crippen LogP contribution in [0.15, 0.2) is 41.8 Å². The van der Waals surface area contributed by atoms with E-state index in [0.29, 0.717) is 19.0 Å². The fourth-order valence-corrected chi connectivity index (χ4v) is 3.16. The number of ether oxygens (including phenoxy) is 1. The summed E-state index contributed by atoms with van der Waals surface area (Å²) in [5, 5.41) is 16.7. The van der Waals surface area contributed by atoms with Gasteiger partial charge in [0.05, 0.1) is 25.9 Å². The van der Waals surface area contributed by atoms with Gasteiger partial charge in [0.25, 0.3) is 0 Å². The SMILES string of the molecule is Cc1cccc(-c2nc(C)nn2CC(O)COCc2cccs2)c1. The molecule has 1 unspecified atom stereocenters. The summed E-state index contributed by atoms with van der Waals surface area (Å²) in [4.78, 5) is 5.65. The molecule has 0 amide bonds. The number of aliphatic hydroxyl groups excluding tert-OH is 1. The Bertz CT molecular complexity index is 783. The van der Waals surface area contributed by atoms with Gasteiger partial charge in [0, 0.05) is 10.4 Å². The van der Waals surface area contributed by atoms with Crippen molar-refractivity contribution < 1.29 is 9.84 Å². The molecule has 5 nitrogen and oxygen atoms in total. The first-order valence-electron chi connectivity index (χ1n) is 7.88. The second kappa shape index (κ2) is 7.70. The lowest BCUT2D eigenvalue weighted by atomic mass is 10.1. The number of benzene rings is 1. The van der Waals surface area contributed by atoms with Gasteiger partial charge in [0.2, 0.25) is 0 Å². The van der Waals surface area contributed by atoms with Gasteiger partial charge in [0.1, 0.15) is 5.82 Å². The predicted octanol–water partition coefficient (Wildman–Crippen LogP) is 3.20. The van der Waals surface area contributed by atoms with Gasteiger partial charge >= 0.3 is 0 Å². The van der Waals surface area contributed by atoms with Gasteiger partial charge in [-0.05, 0) is 31.4 Å². The highest BCUT2D eigenvalue weighted by Gasteiger charge is 2.14. The standard InChI is InChI=1S/C18H21N3O2S/c1-13-5-3-6-15(9-13)18-19-14(2)20-21(18)10-16(22)11-23-12-17-7-4-8-24-17/h3-9,16,22H,10-12H2,1-2H3. The van der Waals surface area contributed by atoms with E-state index >= 15 is 0 Å². The Morgan fingerprint density at radius 3 is 2.88 bits per heavy atom. The van der Waals surface area contributed by atoms with Crippen molar-refractivity contribution in [3.63, 3.8) is 0 Å². The highest BCUT2D eigenvalue weighted by molar-refractivity contribution is 7.09. The van der Waals surface area contributed by atoms with Crippen molar-refractivity contribution in [1.82, 2.24) is 14.8 Å². The first-order chi connectivity index (χ1) is 11.6. The summed E-state index contributed by atoms with van der Waals surface area (Å²) in [5.41, 5.74) is 2.17. The number of aliphatic hydroxyl groups is 1. The van der Waals surface area contributed by atoms with Gasteiger partial charge in [-0.3, -0.25) is 0 Å². The van der Waals surface area contributed by atoms with Gasteiger partial charge in [-0.1, -0.05) is 29.8 Å². The Hall–Kier alpha value is -2.02. The van der Waals surface area contributed by atoms with Crippen molar-refractivity contribution in [2.75, 3.05) is 6.61 Å². The van der Waals surface area contributed by atoms with Crippen molar-refractivity contribution in [2.24, 2.45) is 0 Å². The fourth-order valence-electron chi connectivity index (χ4n) is 2.52. The molecule has 0 aliphatic heterocycles. The number of aryl methyl sites for hydroxylation is 2. The molecular formula is C18H21N3O2S. The third kappa shape index (κ3) is 4.29. The third-order valence-corrected chi connectivity index (χ3v) is 4.42. The minimum atomic E-state index is -0.630. The Kier molecular flexibility index (Phi) is 5.40. The smallest absolute Gasteiger partial charge is 0.158 e. The molecule has 2 heterocycles. The van der Waals surface area contributed by atoms with Crippen LogP contribution >= 0.6 is 11.3 Å². The first kappa shape index (κ1) is 16.8. The molecule has 0 aliphatic carbocycles. The molecule has 126 valence electrons. The lowest BCUT2D eigenvalue weighted by Crippen LogP contribution is -2.23. The summed E-state index contributed by atoms with van der Waals surface area (Å²) in [5.74, 6) is 1.46. The highest BCUT2D eigenvalue weighted by atomic mass is 32.1. The van der Waals surface area contributed by atoms with E-state index in [9.17, 15) is 5.11 Å². The number of aromatic nitrogens is 3. The number of nitrogens with zero attached hydrogens (tertiary/aromatic N) is 3. The third-order valence-electron chi connectivity index (χ3n) is 3.57. The maximum Gasteiger partial charge on any atom is 0.158 e. The lowest BCUT2D eigenvalue weighted by molar-refractivity contribution is 0.0198. The van der Waals surface area contributed by atoms with Crippen LogP contribution in [-0.4, -0.2) is 32.6 Å². The summed E-state index contributed by atoms with van der Waals surface area (Å²) >= 11 is 1.65. The quantitative estimate of drug-likeness (QED) is 0.716. The van der Waals surface area contributed by atoms with Crippen molar-refractivity contribution in [3.8, 4) is 11.4 Å². The normalized spacial score (nSPS) is 12.5. The molecule has 1 atom stereocenters. The Morgan fingerprint density at radius 1 is 1.25 bits per heavy atom. The van der Waals surface area contributed by atoms with Crippen LogP contribution in [0.3, 0.4) is 0 Å². The molecule has 3 rings (SSSR count). The van der Waals surface area contributed by atoms with E-state index in [0.717, 1.165) is 16.3 Å². The van der Waals surface area contributed by atoms with Crippen LogP contribution in [0, 0.1) is 13.8 Å². The molecule has 2 aromatic heterocycles. The molecule has 0 aliphatic rings. The van der Waals surface area contributed by atoms with Crippen LogP contribution in [0.1, 0.15) is 16.3 Å². The number of hydrogen-bond donors (Lipinski definition) is 1. The first-order valence-corrected chi connectivity index (χ1v) is 8.76. The molecular weight excluding hydrogens is 322 g/mol. The monoisotopic (exact) mass is 343 g/mol. The van der Waals surface area contributed by atoms with Crippen LogP contribution in [0.25, 0.3) is 11.4 Å². The van der Waals surface area contributed by atoms with Crippen molar-refractivity contribution in [1.29, 1.82) is 0 Å². The molecule has 24 heavy (non-hydrogen) atoms. The summed E-state index contributed by atoms with van der Waals surface area (Å²) in [6.07, 6.45) is -0.630. The zero-order valence-corrected chi connectivity index (χ0v) is 14.7. The van der Waals surface area contributed by atoms with Gasteiger partial charge < -0.3 is 9.84 Å². The molecule has 1 aromatic carbocycles. The van der Waals surface area contributed by atoms with Crippen molar-refractivity contribution in [2.45, 2.75) is 33.1 Å². The predicted molar refractivity (Wildman–Crippen MR) is 94.9 cm³/mol. The summed E-state index contributed by atoms with van der Waals surface area (Å²) in [6.45, 7) is 5.05. The van der Waals surface area contributed by atoms with Crippen LogP contribution in [0.2, 0.25) is 0 Å². The van der Waals surface area contributed by atoms with Crippen LogP contribution < -0.4 is 0 Å². The van der Waals surface area contributed by atoms with Crippen LogP contribution in [0.4, 0.5) is 0 Å². The van der Waals surface area contributed by atoms with Crippen molar-refractivity contribution >= 4 is 11.3 Å². The van der Waals surface area contributed by atoms with Gasteiger partial charge in [0.15, 0.2) is 5.82 Å². The minimum absolute atomic E-state index is 0.268. The molecule has 0 spiro atoms. The highest BCUT2D eigenvalue weighted by Crippen LogP contribution is 2.19. The number of rotatable bonds is 7. The second-order valence-corrected chi connectivity index (χ2v) is 6.81. The average molecular weight is 343 g/mol. The van der Waals surface area contributed by atoms with E-state index < -0.39 is 6.10 Å². The molecule has 0 radical (unpaired) electrons. The zero-order valence-electron chi connectivity index (χ0n) is 13.8. The van der Waals surface area contributed by atoms with Gasteiger partial charge in [-0.25, -0.2) is 9.67 Å². The summed E-state index contributed by atoms with van der Waals surface area (Å²) in [6, 6.07) is 12.1. The van der Waals surface area contributed by atoms with Crippen LogP contribution in [0.5, 0.6) is 0 Å². The average Bonchev–Trinajstić information content (AvgIpc) is 3.17. The minimum Gasteiger partial charge on any atom is -0.389 e. The molecule has 1 N–H and O–H groups in total. The maximum absolute atomic E-state index is 10.3. The Morgan fingerprint density at radius 2 is 2.12 bits per heavy atom. The van der Waals surface area contributed by atoms with E-state index in [1.807, 2.05) is 49.6 Å². The Balaban J connectivity index is 1.64. The summed E-state index contributed by atoms with van der Waals surface area (Å²) in [7, 11) is 0. The number of thiophene rings is 1. The molecule has 0 saturated heterocycles. The molecule has 6 heteroatoms. The van der Waals surface area contributed by atoms with Gasteiger partial charge in [-0.15, -0.1) is 11.3 Å². The van der Waals surface area contributed by atoms with E-state index in [1.54, 1.807) is 16.0 Å². The van der Waals surface area contributed by atoms with E-state index in [2.05, 4.69) is 16.1 Å². The lowest BCUT2D eigenvalue weighted by Gasteiger charge is -2.13. The Labute approximate surface area is 145 Å². The summed E-state index contributed by atoms with van der Waals surface area (Å²) < 4.78 is 7.34.